The van der Waals surface area contributed by atoms with Gasteiger partial charge < -0.3 is 19.5 Å². The summed E-state index contributed by atoms with van der Waals surface area (Å²) < 4.78 is 31.0. The van der Waals surface area contributed by atoms with Crippen molar-refractivity contribution in [2.45, 2.75) is 26.5 Å². The van der Waals surface area contributed by atoms with Crippen LogP contribution in [0.5, 0.6) is 11.5 Å². The maximum Gasteiger partial charge on any atom is 0.167 e. The molecule has 148 valence electrons. The molecule has 0 radical (unpaired) electrons. The third-order valence-electron chi connectivity index (χ3n) is 3.92. The van der Waals surface area contributed by atoms with Crippen molar-refractivity contribution >= 4 is 27.5 Å². The second kappa shape index (κ2) is 11.5. The Labute approximate surface area is 173 Å². The van der Waals surface area contributed by atoms with Gasteiger partial charge in [-0.25, -0.2) is 4.39 Å². The van der Waals surface area contributed by atoms with Gasteiger partial charge in [-0.1, -0.05) is 33.6 Å². The topological polar surface area (TPSA) is 39.7 Å². The van der Waals surface area contributed by atoms with E-state index < -0.39 is 0 Å². The van der Waals surface area contributed by atoms with Gasteiger partial charge in [0, 0.05) is 35.4 Å². The van der Waals surface area contributed by atoms with Gasteiger partial charge in [0.15, 0.2) is 11.5 Å². The van der Waals surface area contributed by atoms with Crippen LogP contribution in [0.2, 0.25) is 5.02 Å². The molecule has 2 aromatic carbocycles. The normalized spacial score (nSPS) is 10.9. The van der Waals surface area contributed by atoms with Crippen LogP contribution in [0, 0.1) is 5.82 Å². The standard InChI is InChI=1S/C20H24BrClFNO3/c1-3-26-10-4-9-24-12-16-17(21)7-8-19(25-2)20(16)27-13-14-5-6-15(23)11-18(14)22/h5-8,11,24H,3-4,9-10,12-13H2,1-2H3. The van der Waals surface area contributed by atoms with Crippen LogP contribution in [0.4, 0.5) is 4.39 Å². The Bertz CT molecular complexity index is 745. The predicted octanol–water partition coefficient (Wildman–Crippen LogP) is 5.35. The largest absolute Gasteiger partial charge is 0.493 e. The van der Waals surface area contributed by atoms with Crippen molar-refractivity contribution in [2.75, 3.05) is 26.9 Å². The molecule has 2 aromatic rings. The molecule has 0 aliphatic heterocycles. The molecule has 0 saturated carbocycles. The van der Waals surface area contributed by atoms with Gasteiger partial charge in [-0.15, -0.1) is 0 Å². The molecule has 0 bridgehead atoms. The number of methoxy groups -OCH3 is 1. The second-order valence-electron chi connectivity index (χ2n) is 5.81. The molecule has 0 fully saturated rings. The quantitative estimate of drug-likeness (QED) is 0.459. The van der Waals surface area contributed by atoms with Gasteiger partial charge in [-0.3, -0.25) is 0 Å². The average Bonchev–Trinajstić information content (AvgIpc) is 2.65. The lowest BCUT2D eigenvalue weighted by Crippen LogP contribution is -2.17. The van der Waals surface area contributed by atoms with Crippen LogP contribution >= 0.6 is 27.5 Å². The van der Waals surface area contributed by atoms with E-state index in [2.05, 4.69) is 21.2 Å². The summed E-state index contributed by atoms with van der Waals surface area (Å²) in [5.41, 5.74) is 1.65. The molecule has 2 rings (SSSR count). The first kappa shape index (κ1) is 22.0. The molecule has 0 amide bonds. The van der Waals surface area contributed by atoms with Gasteiger partial charge in [0.1, 0.15) is 12.4 Å². The fraction of sp³-hybridized carbons (Fsp3) is 0.400. The molecule has 4 nitrogen and oxygen atoms in total. The van der Waals surface area contributed by atoms with Crippen molar-refractivity contribution in [3.63, 3.8) is 0 Å². The highest BCUT2D eigenvalue weighted by atomic mass is 79.9. The van der Waals surface area contributed by atoms with Gasteiger partial charge in [-0.05, 0) is 44.2 Å². The first-order chi connectivity index (χ1) is 13.1. The number of hydrogen-bond donors (Lipinski definition) is 1. The molecular formula is C20H24BrClFNO3. The highest BCUT2D eigenvalue weighted by molar-refractivity contribution is 9.10. The van der Waals surface area contributed by atoms with E-state index in [1.807, 2.05) is 19.1 Å². The van der Waals surface area contributed by atoms with Crippen LogP contribution in [0.15, 0.2) is 34.8 Å². The SMILES string of the molecule is CCOCCCNCc1c(Br)ccc(OC)c1OCc1ccc(F)cc1Cl. The Morgan fingerprint density at radius 3 is 2.74 bits per heavy atom. The zero-order valence-electron chi connectivity index (χ0n) is 15.5. The fourth-order valence-corrected chi connectivity index (χ4v) is 3.19. The second-order valence-corrected chi connectivity index (χ2v) is 7.07. The molecule has 0 spiro atoms. The van der Waals surface area contributed by atoms with Crippen LogP contribution in [0.1, 0.15) is 24.5 Å². The summed E-state index contributed by atoms with van der Waals surface area (Å²) in [5.74, 6) is 0.882. The predicted molar refractivity (Wildman–Crippen MR) is 109 cm³/mol. The van der Waals surface area contributed by atoms with Crippen LogP contribution in [-0.2, 0) is 17.9 Å². The molecule has 0 heterocycles. The molecule has 0 aliphatic rings. The summed E-state index contributed by atoms with van der Waals surface area (Å²) in [6, 6.07) is 8.02. The zero-order chi connectivity index (χ0) is 19.6. The highest BCUT2D eigenvalue weighted by Crippen LogP contribution is 2.37. The third kappa shape index (κ3) is 6.64. The van der Waals surface area contributed by atoms with Crippen molar-refractivity contribution < 1.29 is 18.6 Å². The van der Waals surface area contributed by atoms with E-state index in [1.165, 1.54) is 12.1 Å². The molecular weight excluding hydrogens is 437 g/mol. The number of ether oxygens (including phenoxy) is 3. The van der Waals surface area contributed by atoms with Crippen LogP contribution < -0.4 is 14.8 Å². The van der Waals surface area contributed by atoms with E-state index in [1.54, 1.807) is 13.2 Å². The van der Waals surface area contributed by atoms with Gasteiger partial charge >= 0.3 is 0 Å². The fourth-order valence-electron chi connectivity index (χ4n) is 2.51. The molecule has 27 heavy (non-hydrogen) atoms. The summed E-state index contributed by atoms with van der Waals surface area (Å²) in [6.07, 6.45) is 0.927. The monoisotopic (exact) mass is 459 g/mol. The van der Waals surface area contributed by atoms with Crippen molar-refractivity contribution in [2.24, 2.45) is 0 Å². The van der Waals surface area contributed by atoms with Crippen LogP contribution in [0.25, 0.3) is 0 Å². The zero-order valence-corrected chi connectivity index (χ0v) is 17.8. The Hall–Kier alpha value is -1.34. The van der Waals surface area contributed by atoms with E-state index in [0.717, 1.165) is 36.2 Å². The number of hydrogen-bond acceptors (Lipinski definition) is 4. The smallest absolute Gasteiger partial charge is 0.167 e. The van der Waals surface area contributed by atoms with Crippen LogP contribution in [-0.4, -0.2) is 26.9 Å². The maximum atomic E-state index is 13.2. The van der Waals surface area contributed by atoms with Gasteiger partial charge in [0.2, 0.25) is 0 Å². The van der Waals surface area contributed by atoms with Crippen molar-refractivity contribution in [1.82, 2.24) is 5.32 Å². The van der Waals surface area contributed by atoms with E-state index in [4.69, 9.17) is 25.8 Å². The van der Waals surface area contributed by atoms with Gasteiger partial charge in [0.05, 0.1) is 12.1 Å². The number of benzene rings is 2. The molecule has 0 unspecified atom stereocenters. The molecule has 0 atom stereocenters. The first-order valence-electron chi connectivity index (χ1n) is 8.77. The third-order valence-corrected chi connectivity index (χ3v) is 5.02. The summed E-state index contributed by atoms with van der Waals surface area (Å²) in [6.45, 7) is 5.09. The first-order valence-corrected chi connectivity index (χ1v) is 9.94. The summed E-state index contributed by atoms with van der Waals surface area (Å²) >= 11 is 9.68. The van der Waals surface area contributed by atoms with Gasteiger partial charge in [-0.2, -0.15) is 0 Å². The number of rotatable bonds is 11. The Morgan fingerprint density at radius 2 is 2.04 bits per heavy atom. The minimum absolute atomic E-state index is 0.212. The minimum Gasteiger partial charge on any atom is -0.493 e. The average molecular weight is 461 g/mol. The lowest BCUT2D eigenvalue weighted by atomic mass is 10.1. The molecule has 0 aromatic heterocycles. The summed E-state index contributed by atoms with van der Waals surface area (Å²) in [7, 11) is 1.60. The van der Waals surface area contributed by atoms with Crippen molar-refractivity contribution in [3.05, 3.63) is 56.8 Å². The minimum atomic E-state index is -0.374. The Balaban J connectivity index is 2.09. The maximum absolute atomic E-state index is 13.2. The van der Waals surface area contributed by atoms with Crippen molar-refractivity contribution in [3.8, 4) is 11.5 Å². The summed E-state index contributed by atoms with van der Waals surface area (Å²) in [5, 5.41) is 3.72. The van der Waals surface area contributed by atoms with Crippen LogP contribution in [0.3, 0.4) is 0 Å². The van der Waals surface area contributed by atoms with E-state index in [0.29, 0.717) is 28.6 Å². The Morgan fingerprint density at radius 1 is 1.22 bits per heavy atom. The molecule has 0 saturated heterocycles. The van der Waals surface area contributed by atoms with E-state index in [9.17, 15) is 4.39 Å². The summed E-state index contributed by atoms with van der Waals surface area (Å²) in [4.78, 5) is 0. The lowest BCUT2D eigenvalue weighted by Gasteiger charge is -2.17. The lowest BCUT2D eigenvalue weighted by molar-refractivity contribution is 0.144. The van der Waals surface area contributed by atoms with E-state index in [-0.39, 0.29) is 12.4 Å². The molecule has 7 heteroatoms. The number of nitrogens with one attached hydrogen (secondary N) is 1. The molecule has 1 N–H and O–H groups in total. The number of halogens is 3. The van der Waals surface area contributed by atoms with Gasteiger partial charge in [0.25, 0.3) is 0 Å². The molecule has 0 aliphatic carbocycles. The highest BCUT2D eigenvalue weighted by Gasteiger charge is 2.15. The van der Waals surface area contributed by atoms with Crippen molar-refractivity contribution in [1.29, 1.82) is 0 Å². The Kier molecular flexibility index (Phi) is 9.34. The van der Waals surface area contributed by atoms with E-state index >= 15 is 0 Å².